The zero-order valence-corrected chi connectivity index (χ0v) is 16.6. The van der Waals surface area contributed by atoms with Crippen LogP contribution in [0.25, 0.3) is 0 Å². The van der Waals surface area contributed by atoms with Gasteiger partial charge in [0, 0.05) is 38.6 Å². The summed E-state index contributed by atoms with van der Waals surface area (Å²) in [5.41, 5.74) is 2.53. The van der Waals surface area contributed by atoms with Gasteiger partial charge in [-0.25, -0.2) is 9.97 Å². The Morgan fingerprint density at radius 1 is 1.18 bits per heavy atom. The van der Waals surface area contributed by atoms with Gasteiger partial charge in [0.25, 0.3) is 0 Å². The summed E-state index contributed by atoms with van der Waals surface area (Å²) in [6.45, 7) is 7.17. The van der Waals surface area contributed by atoms with Gasteiger partial charge in [-0.1, -0.05) is 31.2 Å². The van der Waals surface area contributed by atoms with Crippen molar-refractivity contribution in [3.05, 3.63) is 53.9 Å². The zero-order valence-electron chi connectivity index (χ0n) is 16.6. The fourth-order valence-electron chi connectivity index (χ4n) is 4.11. The molecule has 0 radical (unpaired) electrons. The molecule has 1 spiro atoms. The highest BCUT2D eigenvalue weighted by Gasteiger charge is 2.42. The van der Waals surface area contributed by atoms with E-state index in [1.165, 1.54) is 11.1 Å². The van der Waals surface area contributed by atoms with Crippen LogP contribution in [0.2, 0.25) is 0 Å². The fourth-order valence-corrected chi connectivity index (χ4v) is 4.11. The van der Waals surface area contributed by atoms with Gasteiger partial charge in [0.05, 0.1) is 19.3 Å². The molecule has 6 heteroatoms. The van der Waals surface area contributed by atoms with Crippen molar-refractivity contribution in [1.82, 2.24) is 14.9 Å². The standard InChI is InChI=1S/C22H30N4O2/c1-2-18-4-6-19(7-5-18)15-26-12-13-27-17-22(16-26)9-8-20(28-22)14-25-21-23-10-3-11-24-21/h3-7,10-11,20H,2,8-9,12-17H2,1H3,(H,23,24,25)/t20-,22+/m0/s1. The lowest BCUT2D eigenvalue weighted by atomic mass is 9.99. The van der Waals surface area contributed by atoms with Crippen LogP contribution in [0.5, 0.6) is 0 Å². The van der Waals surface area contributed by atoms with Gasteiger partial charge >= 0.3 is 0 Å². The molecule has 1 N–H and O–H groups in total. The van der Waals surface area contributed by atoms with Crippen LogP contribution in [0.3, 0.4) is 0 Å². The Morgan fingerprint density at radius 3 is 2.75 bits per heavy atom. The Labute approximate surface area is 167 Å². The molecule has 2 aliphatic heterocycles. The van der Waals surface area contributed by atoms with Crippen LogP contribution in [0.4, 0.5) is 5.95 Å². The van der Waals surface area contributed by atoms with Gasteiger partial charge in [0.1, 0.15) is 5.60 Å². The average Bonchev–Trinajstić information content (AvgIpc) is 3.02. The predicted molar refractivity (Wildman–Crippen MR) is 109 cm³/mol. The third-order valence-corrected chi connectivity index (χ3v) is 5.66. The van der Waals surface area contributed by atoms with Crippen molar-refractivity contribution in [2.24, 2.45) is 0 Å². The number of nitrogens with one attached hydrogen (secondary N) is 1. The third kappa shape index (κ3) is 4.87. The van der Waals surface area contributed by atoms with Crippen LogP contribution in [0.15, 0.2) is 42.7 Å². The van der Waals surface area contributed by atoms with Gasteiger partial charge in [-0.15, -0.1) is 0 Å². The normalized spacial score (nSPS) is 25.7. The van der Waals surface area contributed by atoms with E-state index >= 15 is 0 Å². The van der Waals surface area contributed by atoms with E-state index in [9.17, 15) is 0 Å². The van der Waals surface area contributed by atoms with E-state index in [0.29, 0.717) is 12.6 Å². The van der Waals surface area contributed by atoms with Crippen molar-refractivity contribution in [3.63, 3.8) is 0 Å². The maximum atomic E-state index is 6.51. The lowest BCUT2D eigenvalue weighted by Gasteiger charge is -2.32. The monoisotopic (exact) mass is 382 g/mol. The summed E-state index contributed by atoms with van der Waals surface area (Å²) in [5, 5.41) is 3.28. The minimum atomic E-state index is -0.205. The lowest BCUT2D eigenvalue weighted by Crippen LogP contribution is -2.44. The lowest BCUT2D eigenvalue weighted by molar-refractivity contribution is -0.0826. The highest BCUT2D eigenvalue weighted by Crippen LogP contribution is 2.33. The SMILES string of the molecule is CCc1ccc(CN2CCOC[C@@]3(CC[C@@H](CNc4ncccn4)O3)C2)cc1. The minimum Gasteiger partial charge on any atom is -0.377 e. The average molecular weight is 383 g/mol. The quantitative estimate of drug-likeness (QED) is 0.829. The molecule has 2 aliphatic rings. The van der Waals surface area contributed by atoms with Gasteiger partial charge in [0.2, 0.25) is 5.95 Å². The van der Waals surface area contributed by atoms with Crippen molar-refractivity contribution in [3.8, 4) is 0 Å². The summed E-state index contributed by atoms with van der Waals surface area (Å²) in [6, 6.07) is 10.8. The highest BCUT2D eigenvalue weighted by atomic mass is 16.6. The molecular formula is C22H30N4O2. The maximum Gasteiger partial charge on any atom is 0.222 e. The summed E-state index contributed by atoms with van der Waals surface area (Å²) in [7, 11) is 0. The molecule has 0 saturated carbocycles. The Balaban J connectivity index is 1.34. The minimum absolute atomic E-state index is 0.163. The zero-order chi connectivity index (χ0) is 19.2. The molecule has 0 unspecified atom stereocenters. The van der Waals surface area contributed by atoms with Crippen LogP contribution in [-0.4, -0.2) is 59.4 Å². The Morgan fingerprint density at radius 2 is 1.96 bits per heavy atom. The number of anilines is 1. The first kappa shape index (κ1) is 19.3. The van der Waals surface area contributed by atoms with Crippen molar-refractivity contribution >= 4 is 5.95 Å². The molecule has 2 fully saturated rings. The third-order valence-electron chi connectivity index (χ3n) is 5.66. The van der Waals surface area contributed by atoms with Crippen LogP contribution in [0, 0.1) is 0 Å². The Bertz CT molecular complexity index is 740. The number of rotatable bonds is 6. The number of hydrogen-bond donors (Lipinski definition) is 1. The van der Waals surface area contributed by atoms with Gasteiger partial charge in [-0.05, 0) is 36.5 Å². The maximum absolute atomic E-state index is 6.51. The molecule has 4 rings (SSSR count). The van der Waals surface area contributed by atoms with E-state index in [2.05, 4.69) is 51.4 Å². The highest BCUT2D eigenvalue weighted by molar-refractivity contribution is 5.23. The van der Waals surface area contributed by atoms with E-state index < -0.39 is 0 Å². The largest absolute Gasteiger partial charge is 0.377 e. The molecule has 2 aromatic rings. The molecule has 0 bridgehead atoms. The van der Waals surface area contributed by atoms with E-state index in [4.69, 9.17) is 9.47 Å². The number of benzene rings is 1. The second-order valence-electron chi connectivity index (χ2n) is 7.85. The summed E-state index contributed by atoms with van der Waals surface area (Å²) in [6.07, 6.45) is 6.80. The molecule has 2 saturated heterocycles. The van der Waals surface area contributed by atoms with Crippen molar-refractivity contribution in [2.45, 2.75) is 44.4 Å². The van der Waals surface area contributed by atoms with Crippen LogP contribution in [0.1, 0.15) is 30.9 Å². The number of ether oxygens (including phenoxy) is 2. The molecule has 2 atom stereocenters. The summed E-state index contributed by atoms with van der Waals surface area (Å²) < 4.78 is 12.4. The smallest absolute Gasteiger partial charge is 0.222 e. The first-order valence-electron chi connectivity index (χ1n) is 10.3. The number of aromatic nitrogens is 2. The summed E-state index contributed by atoms with van der Waals surface area (Å²) >= 11 is 0. The summed E-state index contributed by atoms with van der Waals surface area (Å²) in [5.74, 6) is 0.654. The van der Waals surface area contributed by atoms with E-state index in [1.807, 2.05) is 6.07 Å². The number of nitrogens with zero attached hydrogens (tertiary/aromatic N) is 3. The molecule has 6 nitrogen and oxygen atoms in total. The topological polar surface area (TPSA) is 59.5 Å². The van der Waals surface area contributed by atoms with Crippen molar-refractivity contribution < 1.29 is 9.47 Å². The second kappa shape index (κ2) is 8.99. The summed E-state index contributed by atoms with van der Waals surface area (Å²) in [4.78, 5) is 10.9. The van der Waals surface area contributed by atoms with E-state index in [1.54, 1.807) is 12.4 Å². The number of hydrogen-bond acceptors (Lipinski definition) is 6. The van der Waals surface area contributed by atoms with Gasteiger partial charge in [0.15, 0.2) is 0 Å². The number of aryl methyl sites for hydroxylation is 1. The molecule has 0 aliphatic carbocycles. The fraction of sp³-hybridized carbons (Fsp3) is 0.545. The van der Waals surface area contributed by atoms with Crippen molar-refractivity contribution in [1.29, 1.82) is 0 Å². The Hall–Kier alpha value is -2.02. The second-order valence-corrected chi connectivity index (χ2v) is 7.85. The Kier molecular flexibility index (Phi) is 6.20. The molecule has 150 valence electrons. The molecule has 3 heterocycles. The van der Waals surface area contributed by atoms with E-state index in [0.717, 1.165) is 52.0 Å². The van der Waals surface area contributed by atoms with Gasteiger partial charge < -0.3 is 14.8 Å². The van der Waals surface area contributed by atoms with Crippen LogP contribution in [-0.2, 0) is 22.4 Å². The van der Waals surface area contributed by atoms with Gasteiger partial charge in [-0.3, -0.25) is 4.90 Å². The van der Waals surface area contributed by atoms with Crippen molar-refractivity contribution in [2.75, 3.05) is 38.2 Å². The van der Waals surface area contributed by atoms with Crippen LogP contribution < -0.4 is 5.32 Å². The van der Waals surface area contributed by atoms with Crippen LogP contribution >= 0.6 is 0 Å². The molecule has 0 amide bonds. The first-order chi connectivity index (χ1) is 13.7. The van der Waals surface area contributed by atoms with Gasteiger partial charge in [-0.2, -0.15) is 0 Å². The first-order valence-corrected chi connectivity index (χ1v) is 10.3. The molecule has 1 aromatic carbocycles. The molecule has 1 aromatic heterocycles. The predicted octanol–water partition coefficient (Wildman–Crippen LogP) is 2.90. The molecular weight excluding hydrogens is 352 g/mol. The molecule has 28 heavy (non-hydrogen) atoms. The van der Waals surface area contributed by atoms with E-state index in [-0.39, 0.29) is 11.7 Å².